The molecular weight excluding hydrogens is 349 g/mol. The van der Waals surface area contributed by atoms with Crippen LogP contribution in [0.4, 0.5) is 11.4 Å². The molecule has 1 N–H and O–H groups in total. The summed E-state index contributed by atoms with van der Waals surface area (Å²) in [4.78, 5) is 0. The summed E-state index contributed by atoms with van der Waals surface area (Å²) in [5, 5.41) is 6.11. The molecular formula is C24H20NOP. The van der Waals surface area contributed by atoms with E-state index >= 15 is 0 Å². The average molecular weight is 369 g/mol. The van der Waals surface area contributed by atoms with E-state index in [-0.39, 0.29) is 0 Å². The number of anilines is 2. The molecule has 5 rings (SSSR count). The molecule has 4 aromatic rings. The predicted molar refractivity (Wildman–Crippen MR) is 117 cm³/mol. The Bertz CT molecular complexity index is 878. The molecule has 4 aromatic carbocycles. The van der Waals surface area contributed by atoms with Crippen LogP contribution < -0.4 is 20.7 Å². The Balaban J connectivity index is 0.000000134. The fourth-order valence-corrected chi connectivity index (χ4v) is 3.84. The summed E-state index contributed by atoms with van der Waals surface area (Å²) in [7, 11) is 0.777. The van der Waals surface area contributed by atoms with Crippen molar-refractivity contribution in [2.24, 2.45) is 0 Å². The third kappa shape index (κ3) is 4.55. The molecule has 0 amide bonds. The van der Waals surface area contributed by atoms with Crippen molar-refractivity contribution in [1.82, 2.24) is 0 Å². The van der Waals surface area contributed by atoms with Gasteiger partial charge in [0.15, 0.2) is 11.5 Å². The zero-order valence-corrected chi connectivity index (χ0v) is 15.8. The molecule has 1 aliphatic heterocycles. The minimum Gasteiger partial charge on any atom is -0.453 e. The van der Waals surface area contributed by atoms with Crippen molar-refractivity contribution in [3.8, 4) is 11.5 Å². The highest BCUT2D eigenvalue weighted by Crippen LogP contribution is 2.40. The molecule has 0 spiro atoms. The van der Waals surface area contributed by atoms with Crippen LogP contribution >= 0.6 is 8.58 Å². The SMILES string of the molecule is c1ccc(Pc2ccccc2)cc1.c1ccc2c(c1)Nc1ccccc1O2. The van der Waals surface area contributed by atoms with Crippen molar-refractivity contribution in [3.05, 3.63) is 109 Å². The van der Waals surface area contributed by atoms with Gasteiger partial charge in [-0.05, 0) is 34.9 Å². The summed E-state index contributed by atoms with van der Waals surface area (Å²) >= 11 is 0. The van der Waals surface area contributed by atoms with E-state index in [0.29, 0.717) is 0 Å². The van der Waals surface area contributed by atoms with E-state index < -0.39 is 0 Å². The lowest BCUT2D eigenvalue weighted by atomic mass is 10.2. The highest BCUT2D eigenvalue weighted by Gasteiger charge is 2.13. The van der Waals surface area contributed by atoms with Gasteiger partial charge in [-0.15, -0.1) is 0 Å². The summed E-state index contributed by atoms with van der Waals surface area (Å²) in [6, 6.07) is 37.0. The number of nitrogens with one attached hydrogen (secondary N) is 1. The van der Waals surface area contributed by atoms with Crippen molar-refractivity contribution < 1.29 is 4.74 Å². The molecule has 0 fully saturated rings. The first-order valence-corrected chi connectivity index (χ1v) is 9.88. The molecule has 27 heavy (non-hydrogen) atoms. The summed E-state index contributed by atoms with van der Waals surface area (Å²) < 4.78 is 5.71. The van der Waals surface area contributed by atoms with Crippen LogP contribution in [0.15, 0.2) is 109 Å². The highest BCUT2D eigenvalue weighted by molar-refractivity contribution is 7.55. The second-order valence-electron chi connectivity index (χ2n) is 6.08. The first kappa shape index (κ1) is 17.3. The zero-order valence-electron chi connectivity index (χ0n) is 14.8. The average Bonchev–Trinajstić information content (AvgIpc) is 2.74. The van der Waals surface area contributed by atoms with Gasteiger partial charge in [-0.25, -0.2) is 0 Å². The third-order valence-electron chi connectivity index (χ3n) is 4.10. The number of benzene rings is 4. The van der Waals surface area contributed by atoms with Gasteiger partial charge in [0, 0.05) is 0 Å². The Morgan fingerprint density at radius 2 is 0.889 bits per heavy atom. The van der Waals surface area contributed by atoms with Gasteiger partial charge in [-0.3, -0.25) is 0 Å². The first-order valence-electron chi connectivity index (χ1n) is 8.88. The zero-order chi connectivity index (χ0) is 18.3. The monoisotopic (exact) mass is 369 g/mol. The van der Waals surface area contributed by atoms with Crippen molar-refractivity contribution >= 4 is 30.6 Å². The minimum absolute atomic E-state index is 0.777. The van der Waals surface area contributed by atoms with Crippen molar-refractivity contribution in [1.29, 1.82) is 0 Å². The number of hydrogen-bond donors (Lipinski definition) is 1. The molecule has 2 nitrogen and oxygen atoms in total. The van der Waals surface area contributed by atoms with Gasteiger partial charge >= 0.3 is 0 Å². The molecule has 132 valence electrons. The number of fused-ring (bicyclic) bond motifs is 2. The molecule has 3 heteroatoms. The number of rotatable bonds is 2. The standard InChI is InChI=1S/C12H9NO.C12H11P/c1-3-7-11-9(5-1)13-10-6-2-4-8-12(10)14-11;1-3-7-11(8-4-1)13-12-9-5-2-6-10-12/h1-8,13H;1-10,13H. The quantitative estimate of drug-likeness (QED) is 0.394. The van der Waals surface area contributed by atoms with Crippen LogP contribution in [0.5, 0.6) is 11.5 Å². The van der Waals surface area contributed by atoms with Gasteiger partial charge < -0.3 is 10.1 Å². The molecule has 0 atom stereocenters. The van der Waals surface area contributed by atoms with Crippen LogP contribution in [-0.2, 0) is 0 Å². The lowest BCUT2D eigenvalue weighted by molar-refractivity contribution is 0.481. The second-order valence-corrected chi connectivity index (χ2v) is 7.48. The van der Waals surface area contributed by atoms with Crippen molar-refractivity contribution in [3.63, 3.8) is 0 Å². The van der Waals surface area contributed by atoms with E-state index in [1.807, 2.05) is 48.5 Å². The van der Waals surface area contributed by atoms with Crippen LogP contribution in [0.2, 0.25) is 0 Å². The molecule has 0 unspecified atom stereocenters. The van der Waals surface area contributed by atoms with Gasteiger partial charge in [0.1, 0.15) is 0 Å². The van der Waals surface area contributed by atoms with E-state index in [2.05, 4.69) is 66.0 Å². The topological polar surface area (TPSA) is 21.3 Å². The maximum Gasteiger partial charge on any atom is 0.150 e. The van der Waals surface area contributed by atoms with E-state index in [9.17, 15) is 0 Å². The van der Waals surface area contributed by atoms with Gasteiger partial charge in [-0.2, -0.15) is 0 Å². The van der Waals surface area contributed by atoms with Crippen LogP contribution in [0.3, 0.4) is 0 Å². The molecule has 0 aliphatic carbocycles. The molecule has 0 bridgehead atoms. The molecule has 1 aliphatic rings. The van der Waals surface area contributed by atoms with Crippen molar-refractivity contribution in [2.45, 2.75) is 0 Å². The molecule has 1 heterocycles. The smallest absolute Gasteiger partial charge is 0.150 e. The summed E-state index contributed by atoms with van der Waals surface area (Å²) in [6.45, 7) is 0. The van der Waals surface area contributed by atoms with Crippen LogP contribution in [-0.4, -0.2) is 0 Å². The van der Waals surface area contributed by atoms with E-state index in [0.717, 1.165) is 31.5 Å². The maximum absolute atomic E-state index is 5.71. The minimum atomic E-state index is 0.777. The van der Waals surface area contributed by atoms with E-state index in [1.165, 1.54) is 10.6 Å². The number of para-hydroxylation sites is 4. The first-order chi connectivity index (χ1) is 13.4. The molecule has 0 aromatic heterocycles. The van der Waals surface area contributed by atoms with Crippen molar-refractivity contribution in [2.75, 3.05) is 5.32 Å². The van der Waals surface area contributed by atoms with Gasteiger partial charge in [0.2, 0.25) is 0 Å². The third-order valence-corrected chi connectivity index (χ3v) is 5.34. The Morgan fingerprint density at radius 1 is 0.481 bits per heavy atom. The van der Waals surface area contributed by atoms with Gasteiger partial charge in [0.25, 0.3) is 0 Å². The normalized spacial score (nSPS) is 11.0. The van der Waals surface area contributed by atoms with Gasteiger partial charge in [-0.1, -0.05) is 93.5 Å². The lowest BCUT2D eigenvalue weighted by Gasteiger charge is -2.20. The Morgan fingerprint density at radius 3 is 1.37 bits per heavy atom. The molecule has 0 saturated carbocycles. The molecule has 0 radical (unpaired) electrons. The summed E-state index contributed by atoms with van der Waals surface area (Å²) in [6.07, 6.45) is 0. The highest BCUT2D eigenvalue weighted by atomic mass is 31.1. The van der Waals surface area contributed by atoms with Gasteiger partial charge in [0.05, 0.1) is 11.4 Å². The van der Waals surface area contributed by atoms with E-state index in [4.69, 9.17) is 4.74 Å². The summed E-state index contributed by atoms with van der Waals surface area (Å²) in [5.41, 5.74) is 2.04. The van der Waals surface area contributed by atoms with E-state index in [1.54, 1.807) is 0 Å². The fourth-order valence-electron chi connectivity index (χ4n) is 2.79. The maximum atomic E-state index is 5.71. The largest absolute Gasteiger partial charge is 0.453 e. The van der Waals surface area contributed by atoms with Crippen LogP contribution in [0.25, 0.3) is 0 Å². The Kier molecular flexibility index (Phi) is 5.47. The molecule has 0 saturated heterocycles. The second kappa shape index (κ2) is 8.53. The number of ether oxygens (including phenoxy) is 1. The predicted octanol–water partition coefficient (Wildman–Crippen LogP) is 5.85. The Hall–Kier alpha value is -3.09. The lowest BCUT2D eigenvalue weighted by Crippen LogP contribution is -2.01. The Labute approximate surface area is 161 Å². The summed E-state index contributed by atoms with van der Waals surface area (Å²) in [5.74, 6) is 1.76. The fraction of sp³-hybridized carbons (Fsp3) is 0. The van der Waals surface area contributed by atoms with Crippen LogP contribution in [0.1, 0.15) is 0 Å². The van der Waals surface area contributed by atoms with Crippen LogP contribution in [0, 0.1) is 0 Å². The number of hydrogen-bond acceptors (Lipinski definition) is 2.